The molecule has 1 heterocycles. The van der Waals surface area contributed by atoms with Crippen molar-refractivity contribution in [1.82, 2.24) is 20.2 Å². The first kappa shape index (κ1) is 14.7. The van der Waals surface area contributed by atoms with Gasteiger partial charge in [-0.05, 0) is 46.8 Å². The van der Waals surface area contributed by atoms with Crippen LogP contribution in [-0.4, -0.2) is 33.2 Å². The Balaban J connectivity index is 1.73. The monoisotopic (exact) mass is 309 g/mol. The number of anilines is 1. The number of rotatable bonds is 4. The Bertz CT molecular complexity index is 809. The second kappa shape index (κ2) is 6.27. The van der Waals surface area contributed by atoms with Gasteiger partial charge in [0, 0.05) is 23.9 Å². The van der Waals surface area contributed by atoms with Crippen molar-refractivity contribution >= 4 is 11.6 Å². The molecule has 1 N–H and O–H groups in total. The Morgan fingerprint density at radius 1 is 1.09 bits per heavy atom. The van der Waals surface area contributed by atoms with Crippen molar-refractivity contribution in [3.05, 3.63) is 54.1 Å². The molecular formula is C16H15N5O2. The first-order chi connectivity index (χ1) is 11.2. The van der Waals surface area contributed by atoms with E-state index in [-0.39, 0.29) is 5.91 Å². The summed E-state index contributed by atoms with van der Waals surface area (Å²) in [7, 11) is 3.36. The molecule has 0 aliphatic heterocycles. The van der Waals surface area contributed by atoms with Crippen molar-refractivity contribution in [2.24, 2.45) is 7.05 Å². The van der Waals surface area contributed by atoms with Crippen molar-refractivity contribution < 1.29 is 9.53 Å². The lowest BCUT2D eigenvalue weighted by Gasteiger charge is -2.07. The zero-order chi connectivity index (χ0) is 16.2. The van der Waals surface area contributed by atoms with Gasteiger partial charge in [-0.2, -0.15) is 0 Å². The smallest absolute Gasteiger partial charge is 0.255 e. The molecule has 1 aromatic heterocycles. The molecule has 3 rings (SSSR count). The molecule has 0 aliphatic rings. The Kier molecular flexibility index (Phi) is 4.01. The molecule has 2 aromatic carbocycles. The third-order valence-corrected chi connectivity index (χ3v) is 3.37. The number of tetrazole rings is 1. The lowest BCUT2D eigenvalue weighted by molar-refractivity contribution is 0.102. The molecule has 116 valence electrons. The van der Waals surface area contributed by atoms with Crippen LogP contribution in [0.15, 0.2) is 48.5 Å². The predicted octanol–water partition coefficient (Wildman–Crippen LogP) is 2.14. The molecule has 1 amide bonds. The highest BCUT2D eigenvalue weighted by Gasteiger charge is 2.09. The van der Waals surface area contributed by atoms with Crippen LogP contribution < -0.4 is 10.1 Å². The molecule has 0 fully saturated rings. The highest BCUT2D eigenvalue weighted by molar-refractivity contribution is 6.04. The zero-order valence-corrected chi connectivity index (χ0v) is 12.7. The van der Waals surface area contributed by atoms with E-state index in [4.69, 9.17) is 4.74 Å². The molecule has 23 heavy (non-hydrogen) atoms. The number of aromatic nitrogens is 4. The summed E-state index contributed by atoms with van der Waals surface area (Å²) in [5, 5.41) is 14.2. The van der Waals surface area contributed by atoms with Crippen LogP contribution in [-0.2, 0) is 7.05 Å². The molecule has 0 aliphatic carbocycles. The van der Waals surface area contributed by atoms with E-state index in [9.17, 15) is 4.79 Å². The number of aryl methyl sites for hydroxylation is 1. The van der Waals surface area contributed by atoms with Gasteiger partial charge in [0.15, 0.2) is 5.82 Å². The lowest BCUT2D eigenvalue weighted by atomic mass is 10.1. The van der Waals surface area contributed by atoms with E-state index in [1.165, 1.54) is 0 Å². The highest BCUT2D eigenvalue weighted by Crippen LogP contribution is 2.18. The van der Waals surface area contributed by atoms with Crippen molar-refractivity contribution in [2.75, 3.05) is 12.4 Å². The zero-order valence-electron chi connectivity index (χ0n) is 12.7. The maximum Gasteiger partial charge on any atom is 0.255 e. The molecule has 0 bridgehead atoms. The lowest BCUT2D eigenvalue weighted by Crippen LogP contribution is -2.11. The number of hydrogen-bond acceptors (Lipinski definition) is 5. The third kappa shape index (κ3) is 3.18. The topological polar surface area (TPSA) is 81.9 Å². The number of ether oxygens (including phenoxy) is 1. The van der Waals surface area contributed by atoms with Crippen LogP contribution in [0.2, 0.25) is 0 Å². The van der Waals surface area contributed by atoms with E-state index in [2.05, 4.69) is 20.8 Å². The van der Waals surface area contributed by atoms with Gasteiger partial charge in [-0.3, -0.25) is 4.79 Å². The second-order valence-electron chi connectivity index (χ2n) is 4.89. The molecule has 0 atom stereocenters. The molecule has 0 radical (unpaired) electrons. The predicted molar refractivity (Wildman–Crippen MR) is 85.2 cm³/mol. The van der Waals surface area contributed by atoms with E-state index < -0.39 is 0 Å². The highest BCUT2D eigenvalue weighted by atomic mass is 16.5. The van der Waals surface area contributed by atoms with E-state index in [0.29, 0.717) is 17.1 Å². The van der Waals surface area contributed by atoms with Gasteiger partial charge in [0.2, 0.25) is 0 Å². The maximum atomic E-state index is 12.2. The van der Waals surface area contributed by atoms with Gasteiger partial charge in [0.25, 0.3) is 5.91 Å². The minimum atomic E-state index is -0.183. The number of nitrogens with one attached hydrogen (secondary N) is 1. The molecule has 0 unspecified atom stereocenters. The largest absolute Gasteiger partial charge is 0.497 e. The number of nitrogens with zero attached hydrogens (tertiary/aromatic N) is 4. The fourth-order valence-corrected chi connectivity index (χ4v) is 2.12. The molecule has 3 aromatic rings. The van der Waals surface area contributed by atoms with Crippen LogP contribution in [0, 0.1) is 0 Å². The summed E-state index contributed by atoms with van der Waals surface area (Å²) in [6, 6.07) is 14.3. The van der Waals surface area contributed by atoms with Crippen molar-refractivity contribution in [1.29, 1.82) is 0 Å². The first-order valence-electron chi connectivity index (χ1n) is 6.95. The average molecular weight is 309 g/mol. The Morgan fingerprint density at radius 2 is 1.78 bits per heavy atom. The van der Waals surface area contributed by atoms with Gasteiger partial charge >= 0.3 is 0 Å². The van der Waals surface area contributed by atoms with Crippen LogP contribution in [0.4, 0.5) is 5.69 Å². The number of hydrogen-bond donors (Lipinski definition) is 1. The van der Waals surface area contributed by atoms with Crippen molar-refractivity contribution in [3.8, 4) is 17.1 Å². The molecular weight excluding hydrogens is 294 g/mol. The van der Waals surface area contributed by atoms with Crippen LogP contribution in [0.5, 0.6) is 5.75 Å². The average Bonchev–Trinajstić information content (AvgIpc) is 3.02. The van der Waals surface area contributed by atoms with Crippen LogP contribution in [0.3, 0.4) is 0 Å². The van der Waals surface area contributed by atoms with Gasteiger partial charge < -0.3 is 10.1 Å². The summed E-state index contributed by atoms with van der Waals surface area (Å²) in [5.74, 6) is 1.20. The summed E-state index contributed by atoms with van der Waals surface area (Å²) >= 11 is 0. The SMILES string of the molecule is COc1ccc(NC(=O)c2ccc(-c3nnnn3C)cc2)cc1. The summed E-state index contributed by atoms with van der Waals surface area (Å²) in [5.41, 5.74) is 2.11. The normalized spacial score (nSPS) is 10.3. The van der Waals surface area contributed by atoms with Gasteiger partial charge in [-0.15, -0.1) is 5.10 Å². The fraction of sp³-hybridized carbons (Fsp3) is 0.125. The number of amides is 1. The molecule has 0 saturated carbocycles. The van der Waals surface area contributed by atoms with Crippen molar-refractivity contribution in [3.63, 3.8) is 0 Å². The van der Waals surface area contributed by atoms with Crippen LogP contribution in [0.1, 0.15) is 10.4 Å². The van der Waals surface area contributed by atoms with Crippen LogP contribution in [0.25, 0.3) is 11.4 Å². The van der Waals surface area contributed by atoms with Gasteiger partial charge in [-0.25, -0.2) is 4.68 Å². The number of benzene rings is 2. The maximum absolute atomic E-state index is 12.2. The minimum absolute atomic E-state index is 0.183. The fourth-order valence-electron chi connectivity index (χ4n) is 2.12. The second-order valence-corrected chi connectivity index (χ2v) is 4.89. The number of carbonyl (C=O) groups is 1. The van der Waals surface area contributed by atoms with Crippen LogP contribution >= 0.6 is 0 Å². The summed E-state index contributed by atoms with van der Waals surface area (Å²) in [6.07, 6.45) is 0. The number of methoxy groups -OCH3 is 1. The van der Waals surface area contributed by atoms with E-state index in [0.717, 1.165) is 11.3 Å². The van der Waals surface area contributed by atoms with E-state index in [1.807, 2.05) is 12.1 Å². The summed E-state index contributed by atoms with van der Waals surface area (Å²) in [6.45, 7) is 0. The van der Waals surface area contributed by atoms with E-state index >= 15 is 0 Å². The number of carbonyl (C=O) groups excluding carboxylic acids is 1. The standard InChI is InChI=1S/C16H15N5O2/c1-21-15(18-19-20-21)11-3-5-12(6-4-11)16(22)17-13-7-9-14(23-2)10-8-13/h3-10H,1-2H3,(H,17,22). The third-order valence-electron chi connectivity index (χ3n) is 3.37. The van der Waals surface area contributed by atoms with Gasteiger partial charge in [0.05, 0.1) is 7.11 Å². The quantitative estimate of drug-likeness (QED) is 0.798. The van der Waals surface area contributed by atoms with E-state index in [1.54, 1.807) is 55.2 Å². The summed E-state index contributed by atoms with van der Waals surface area (Å²) < 4.78 is 6.66. The Hall–Kier alpha value is -3.22. The molecule has 0 spiro atoms. The Labute approximate surface area is 132 Å². The first-order valence-corrected chi connectivity index (χ1v) is 6.95. The van der Waals surface area contributed by atoms with Gasteiger partial charge in [0.1, 0.15) is 5.75 Å². The minimum Gasteiger partial charge on any atom is -0.497 e. The molecule has 0 saturated heterocycles. The van der Waals surface area contributed by atoms with Crippen molar-refractivity contribution in [2.45, 2.75) is 0 Å². The Morgan fingerprint density at radius 3 is 2.35 bits per heavy atom. The molecule has 7 heteroatoms. The molecule has 7 nitrogen and oxygen atoms in total. The summed E-state index contributed by atoms with van der Waals surface area (Å²) in [4.78, 5) is 12.2. The van der Waals surface area contributed by atoms with Gasteiger partial charge in [-0.1, -0.05) is 12.1 Å².